The molecule has 5 heteroatoms. The summed E-state index contributed by atoms with van der Waals surface area (Å²) in [4.78, 5) is 11.5. The maximum absolute atomic E-state index is 11.5. The van der Waals surface area contributed by atoms with Gasteiger partial charge in [0, 0.05) is 11.6 Å². The Morgan fingerprint density at radius 1 is 1.30 bits per heavy atom. The van der Waals surface area contributed by atoms with Crippen molar-refractivity contribution in [2.75, 3.05) is 11.9 Å². The van der Waals surface area contributed by atoms with Crippen molar-refractivity contribution in [1.82, 2.24) is 0 Å². The predicted molar refractivity (Wildman–Crippen MR) is 102 cm³/mol. The van der Waals surface area contributed by atoms with E-state index in [0.29, 0.717) is 17.2 Å². The number of carboxylic acids is 1. The molecule has 0 spiro atoms. The smallest absolute Gasteiger partial charge is 0.336 e. The number of aromatic carboxylic acids is 1. The number of ether oxygens (including phenoxy) is 1. The molecule has 2 N–H and O–H groups in total. The lowest BCUT2D eigenvalue weighted by Gasteiger charge is -2.38. The second-order valence-electron chi connectivity index (χ2n) is 7.00. The molecule has 0 aromatic heterocycles. The SMILES string of the molecule is Cc1c(C(=O)O)ccc2c1NC(c1ccc(OCC#N)cc1)C1CC=CC21. The van der Waals surface area contributed by atoms with Gasteiger partial charge >= 0.3 is 5.97 Å². The van der Waals surface area contributed by atoms with Gasteiger partial charge in [-0.3, -0.25) is 0 Å². The summed E-state index contributed by atoms with van der Waals surface area (Å²) in [6.45, 7) is 1.89. The van der Waals surface area contributed by atoms with Crippen molar-refractivity contribution in [3.8, 4) is 11.8 Å². The number of hydrogen-bond acceptors (Lipinski definition) is 4. The van der Waals surface area contributed by atoms with E-state index in [0.717, 1.165) is 23.2 Å². The molecule has 0 fully saturated rings. The van der Waals surface area contributed by atoms with Crippen LogP contribution in [0.4, 0.5) is 5.69 Å². The van der Waals surface area contributed by atoms with E-state index < -0.39 is 5.97 Å². The normalized spacial score (nSPS) is 22.3. The van der Waals surface area contributed by atoms with Crippen LogP contribution in [-0.4, -0.2) is 17.7 Å². The average molecular weight is 360 g/mol. The molecule has 4 rings (SSSR count). The number of anilines is 1. The van der Waals surface area contributed by atoms with Crippen LogP contribution < -0.4 is 10.1 Å². The van der Waals surface area contributed by atoms with E-state index in [1.807, 2.05) is 43.3 Å². The lowest BCUT2D eigenvalue weighted by Crippen LogP contribution is -2.30. The van der Waals surface area contributed by atoms with Crippen LogP contribution in [0.2, 0.25) is 0 Å². The number of nitriles is 1. The summed E-state index contributed by atoms with van der Waals surface area (Å²) >= 11 is 0. The summed E-state index contributed by atoms with van der Waals surface area (Å²) in [6.07, 6.45) is 5.43. The third-order valence-corrected chi connectivity index (χ3v) is 5.57. The van der Waals surface area contributed by atoms with Crippen molar-refractivity contribution in [3.63, 3.8) is 0 Å². The van der Waals surface area contributed by atoms with Gasteiger partial charge in [-0.1, -0.05) is 30.4 Å². The van der Waals surface area contributed by atoms with Gasteiger partial charge in [-0.05, 0) is 54.2 Å². The Balaban J connectivity index is 1.71. The fourth-order valence-electron chi connectivity index (χ4n) is 4.26. The van der Waals surface area contributed by atoms with Crippen LogP contribution in [0, 0.1) is 24.2 Å². The first kappa shape index (κ1) is 17.2. The molecule has 0 saturated heterocycles. The molecular weight excluding hydrogens is 340 g/mol. The van der Waals surface area contributed by atoms with Gasteiger partial charge in [0.25, 0.3) is 0 Å². The summed E-state index contributed by atoms with van der Waals surface area (Å²) in [5.74, 6) is 0.430. The molecule has 3 atom stereocenters. The highest BCUT2D eigenvalue weighted by molar-refractivity contribution is 5.92. The number of benzene rings is 2. The van der Waals surface area contributed by atoms with Gasteiger partial charge in [0.1, 0.15) is 11.8 Å². The monoisotopic (exact) mass is 360 g/mol. The van der Waals surface area contributed by atoms with E-state index >= 15 is 0 Å². The number of nitrogens with zero attached hydrogens (tertiary/aromatic N) is 1. The second-order valence-corrected chi connectivity index (χ2v) is 7.00. The Hall–Kier alpha value is -3.26. The Morgan fingerprint density at radius 3 is 2.78 bits per heavy atom. The van der Waals surface area contributed by atoms with Crippen LogP contribution in [0.5, 0.6) is 5.75 Å². The highest BCUT2D eigenvalue weighted by Crippen LogP contribution is 2.51. The van der Waals surface area contributed by atoms with Crippen molar-refractivity contribution in [1.29, 1.82) is 5.26 Å². The van der Waals surface area contributed by atoms with Crippen LogP contribution in [0.25, 0.3) is 0 Å². The quantitative estimate of drug-likeness (QED) is 0.789. The van der Waals surface area contributed by atoms with E-state index in [9.17, 15) is 9.90 Å². The van der Waals surface area contributed by atoms with E-state index in [4.69, 9.17) is 10.00 Å². The van der Waals surface area contributed by atoms with Gasteiger partial charge in [0.15, 0.2) is 6.61 Å². The first-order valence-electron chi connectivity index (χ1n) is 9.00. The number of carboxylic acid groups (broad SMARTS) is 1. The van der Waals surface area contributed by atoms with Crippen molar-refractivity contribution >= 4 is 11.7 Å². The van der Waals surface area contributed by atoms with Gasteiger partial charge in [0.2, 0.25) is 0 Å². The molecule has 2 aromatic rings. The fraction of sp³-hybridized carbons (Fsp3) is 0.273. The Morgan fingerprint density at radius 2 is 2.07 bits per heavy atom. The van der Waals surface area contributed by atoms with E-state index in [1.54, 1.807) is 6.07 Å². The summed E-state index contributed by atoms with van der Waals surface area (Å²) in [5, 5.41) is 21.7. The van der Waals surface area contributed by atoms with Crippen LogP contribution >= 0.6 is 0 Å². The van der Waals surface area contributed by atoms with Crippen LogP contribution in [0.1, 0.15) is 45.4 Å². The molecule has 1 aliphatic heterocycles. The van der Waals surface area contributed by atoms with Gasteiger partial charge in [0.05, 0.1) is 11.6 Å². The number of carbonyl (C=O) groups is 1. The molecule has 2 aliphatic rings. The maximum Gasteiger partial charge on any atom is 0.336 e. The number of rotatable bonds is 4. The minimum Gasteiger partial charge on any atom is -0.479 e. The van der Waals surface area contributed by atoms with Gasteiger partial charge in [-0.15, -0.1) is 0 Å². The predicted octanol–water partition coefficient (Wildman–Crippen LogP) is 4.42. The molecule has 0 amide bonds. The topological polar surface area (TPSA) is 82.3 Å². The molecule has 27 heavy (non-hydrogen) atoms. The largest absolute Gasteiger partial charge is 0.479 e. The van der Waals surface area contributed by atoms with E-state index in [-0.39, 0.29) is 18.6 Å². The molecule has 1 heterocycles. The lowest BCUT2D eigenvalue weighted by atomic mass is 9.76. The second kappa shape index (κ2) is 6.81. The lowest BCUT2D eigenvalue weighted by molar-refractivity contribution is 0.0696. The first-order valence-corrected chi connectivity index (χ1v) is 9.00. The van der Waals surface area contributed by atoms with Crippen LogP contribution in [0.3, 0.4) is 0 Å². The molecule has 0 radical (unpaired) electrons. The van der Waals surface area contributed by atoms with Gasteiger partial charge in [-0.25, -0.2) is 4.79 Å². The number of nitrogens with one attached hydrogen (secondary N) is 1. The van der Waals surface area contributed by atoms with Gasteiger partial charge < -0.3 is 15.2 Å². The van der Waals surface area contributed by atoms with Crippen molar-refractivity contribution in [3.05, 3.63) is 70.8 Å². The van der Waals surface area contributed by atoms with E-state index in [2.05, 4.69) is 17.5 Å². The number of fused-ring (bicyclic) bond motifs is 3. The Kier molecular flexibility index (Phi) is 4.33. The minimum atomic E-state index is -0.906. The minimum absolute atomic E-state index is 0.0280. The fourth-order valence-corrected chi connectivity index (χ4v) is 4.26. The zero-order valence-corrected chi connectivity index (χ0v) is 15.0. The third-order valence-electron chi connectivity index (χ3n) is 5.57. The molecule has 3 unspecified atom stereocenters. The molecule has 2 aromatic carbocycles. The van der Waals surface area contributed by atoms with Crippen molar-refractivity contribution in [2.24, 2.45) is 5.92 Å². The van der Waals surface area contributed by atoms with Crippen molar-refractivity contribution < 1.29 is 14.6 Å². The highest BCUT2D eigenvalue weighted by atomic mass is 16.5. The Bertz CT molecular complexity index is 957. The molecule has 0 bridgehead atoms. The zero-order chi connectivity index (χ0) is 19.0. The molecule has 136 valence electrons. The first-order chi connectivity index (χ1) is 13.1. The van der Waals surface area contributed by atoms with Crippen molar-refractivity contribution in [2.45, 2.75) is 25.3 Å². The van der Waals surface area contributed by atoms with E-state index in [1.165, 1.54) is 5.56 Å². The summed E-state index contributed by atoms with van der Waals surface area (Å²) in [6, 6.07) is 13.5. The zero-order valence-electron chi connectivity index (χ0n) is 15.0. The third kappa shape index (κ3) is 2.93. The summed E-state index contributed by atoms with van der Waals surface area (Å²) in [5.41, 5.74) is 4.33. The standard InChI is InChI=1S/C22H20N2O3/c1-13-16(22(25)26)9-10-19-17-3-2-4-18(17)21(24-20(13)19)14-5-7-15(8-6-14)27-12-11-23/h2-3,5-10,17-18,21,24H,4,12H2,1H3,(H,25,26). The Labute approximate surface area is 157 Å². The summed E-state index contributed by atoms with van der Waals surface area (Å²) < 4.78 is 5.34. The maximum atomic E-state index is 11.5. The van der Waals surface area contributed by atoms with Crippen LogP contribution in [-0.2, 0) is 0 Å². The average Bonchev–Trinajstić information content (AvgIpc) is 3.16. The molecule has 1 aliphatic carbocycles. The summed E-state index contributed by atoms with van der Waals surface area (Å²) in [7, 11) is 0. The van der Waals surface area contributed by atoms with Gasteiger partial charge in [-0.2, -0.15) is 5.26 Å². The molecular formula is C22H20N2O3. The van der Waals surface area contributed by atoms with Crippen LogP contribution in [0.15, 0.2) is 48.6 Å². The number of hydrogen-bond donors (Lipinski definition) is 2. The molecule has 5 nitrogen and oxygen atoms in total. The number of allylic oxidation sites excluding steroid dienone is 2. The highest BCUT2D eigenvalue weighted by Gasteiger charge is 2.38. The molecule has 0 saturated carbocycles.